The first kappa shape index (κ1) is 15.5. The number of amides is 1. The second-order valence-electron chi connectivity index (χ2n) is 4.44. The molecule has 3 nitrogen and oxygen atoms in total. The van der Waals surface area contributed by atoms with Gasteiger partial charge in [0.1, 0.15) is 0 Å². The maximum atomic E-state index is 13.2. The fourth-order valence-corrected chi connectivity index (χ4v) is 1.67. The van der Waals surface area contributed by atoms with Crippen molar-refractivity contribution in [2.45, 2.75) is 39.0 Å². The van der Waals surface area contributed by atoms with Crippen LogP contribution in [-0.4, -0.2) is 19.1 Å². The monoisotopic (exact) mass is 267 g/mol. The quantitative estimate of drug-likeness (QED) is 0.697. The molecule has 0 heterocycles. The van der Waals surface area contributed by atoms with Crippen LogP contribution in [-0.2, 0) is 4.79 Å². The molecule has 19 heavy (non-hydrogen) atoms. The molecule has 0 spiro atoms. The lowest BCUT2D eigenvalue weighted by atomic mass is 10.2. The zero-order chi connectivity index (χ0) is 13.9. The van der Waals surface area contributed by atoms with Gasteiger partial charge in [-0.3, -0.25) is 4.79 Å². The third-order valence-electron chi connectivity index (χ3n) is 2.74. The van der Waals surface area contributed by atoms with Crippen molar-refractivity contribution >= 4 is 5.91 Å². The highest BCUT2D eigenvalue weighted by atomic mass is 19.1. The van der Waals surface area contributed by atoms with E-state index in [1.165, 1.54) is 6.07 Å². The van der Waals surface area contributed by atoms with Crippen molar-refractivity contribution in [2.75, 3.05) is 13.2 Å². The van der Waals surface area contributed by atoms with Gasteiger partial charge in [-0.05, 0) is 25.0 Å². The van der Waals surface area contributed by atoms with Gasteiger partial charge < -0.3 is 10.1 Å². The number of hydrogen-bond acceptors (Lipinski definition) is 2. The van der Waals surface area contributed by atoms with Crippen LogP contribution in [0.4, 0.5) is 4.39 Å². The van der Waals surface area contributed by atoms with Crippen LogP contribution in [0.1, 0.15) is 39.0 Å². The Bertz CT molecular complexity index is 382. The van der Waals surface area contributed by atoms with Crippen molar-refractivity contribution in [3.63, 3.8) is 0 Å². The molecule has 1 rings (SSSR count). The first-order valence-corrected chi connectivity index (χ1v) is 6.88. The van der Waals surface area contributed by atoms with E-state index in [1.807, 2.05) is 0 Å². The molecule has 4 heteroatoms. The standard InChI is InChI=1S/C15H22FNO2/c1-2-3-6-11-17-15(18)10-7-12-19-14-9-5-4-8-13(14)16/h4-5,8-9H,2-3,6-7,10-12H2,1H3,(H,17,18). The Labute approximate surface area is 114 Å². The van der Waals surface area contributed by atoms with Crippen molar-refractivity contribution < 1.29 is 13.9 Å². The van der Waals surface area contributed by atoms with E-state index in [0.29, 0.717) is 19.4 Å². The molecule has 0 bridgehead atoms. The third kappa shape index (κ3) is 6.79. The van der Waals surface area contributed by atoms with E-state index in [2.05, 4.69) is 12.2 Å². The molecule has 0 aliphatic carbocycles. The van der Waals surface area contributed by atoms with E-state index in [9.17, 15) is 9.18 Å². The molecule has 0 atom stereocenters. The average molecular weight is 267 g/mol. The zero-order valence-electron chi connectivity index (χ0n) is 11.5. The van der Waals surface area contributed by atoms with Crippen LogP contribution < -0.4 is 10.1 Å². The summed E-state index contributed by atoms with van der Waals surface area (Å²) in [5.41, 5.74) is 0. The summed E-state index contributed by atoms with van der Waals surface area (Å²) in [6, 6.07) is 6.28. The van der Waals surface area contributed by atoms with E-state index in [0.717, 1.165) is 25.8 Å². The lowest BCUT2D eigenvalue weighted by Crippen LogP contribution is -2.24. The van der Waals surface area contributed by atoms with Gasteiger partial charge in [0.2, 0.25) is 5.91 Å². The van der Waals surface area contributed by atoms with E-state index in [1.54, 1.807) is 18.2 Å². The van der Waals surface area contributed by atoms with Gasteiger partial charge in [-0.1, -0.05) is 31.9 Å². The molecule has 0 saturated heterocycles. The van der Waals surface area contributed by atoms with Crippen LogP contribution in [0.3, 0.4) is 0 Å². The fraction of sp³-hybridized carbons (Fsp3) is 0.533. The summed E-state index contributed by atoms with van der Waals surface area (Å²) in [7, 11) is 0. The Balaban J connectivity index is 2.07. The van der Waals surface area contributed by atoms with Crippen molar-refractivity contribution in [2.24, 2.45) is 0 Å². The summed E-state index contributed by atoms with van der Waals surface area (Å²) in [5, 5.41) is 2.86. The van der Waals surface area contributed by atoms with Crippen molar-refractivity contribution in [1.29, 1.82) is 0 Å². The van der Waals surface area contributed by atoms with Gasteiger partial charge in [0.15, 0.2) is 11.6 Å². The maximum absolute atomic E-state index is 13.2. The number of rotatable bonds is 9. The topological polar surface area (TPSA) is 38.3 Å². The average Bonchev–Trinajstić information content (AvgIpc) is 2.41. The molecule has 0 fully saturated rings. The number of benzene rings is 1. The predicted molar refractivity (Wildman–Crippen MR) is 73.7 cm³/mol. The Morgan fingerprint density at radius 2 is 2.05 bits per heavy atom. The van der Waals surface area contributed by atoms with Gasteiger partial charge in [0.05, 0.1) is 6.61 Å². The van der Waals surface area contributed by atoms with Crippen molar-refractivity contribution in [3.8, 4) is 5.75 Å². The maximum Gasteiger partial charge on any atom is 0.220 e. The smallest absolute Gasteiger partial charge is 0.220 e. The molecular formula is C15H22FNO2. The van der Waals surface area contributed by atoms with E-state index in [4.69, 9.17) is 4.74 Å². The zero-order valence-corrected chi connectivity index (χ0v) is 11.5. The summed E-state index contributed by atoms with van der Waals surface area (Å²) in [5.74, 6) is -0.0920. The van der Waals surface area contributed by atoms with Crippen LogP contribution >= 0.6 is 0 Å². The summed E-state index contributed by atoms with van der Waals surface area (Å²) in [6.45, 7) is 3.21. The number of hydrogen-bond donors (Lipinski definition) is 1. The van der Waals surface area contributed by atoms with Gasteiger partial charge in [-0.25, -0.2) is 4.39 Å². The van der Waals surface area contributed by atoms with Gasteiger partial charge in [0, 0.05) is 13.0 Å². The normalized spacial score (nSPS) is 10.2. The summed E-state index contributed by atoms with van der Waals surface area (Å²) >= 11 is 0. The Hall–Kier alpha value is -1.58. The molecule has 1 aromatic rings. The first-order chi connectivity index (χ1) is 9.24. The van der Waals surface area contributed by atoms with Crippen LogP contribution in [0.5, 0.6) is 5.75 Å². The van der Waals surface area contributed by atoms with Crippen LogP contribution in [0.2, 0.25) is 0 Å². The van der Waals surface area contributed by atoms with E-state index >= 15 is 0 Å². The molecule has 0 aromatic heterocycles. The minimum atomic E-state index is -0.369. The molecule has 0 aliphatic rings. The lowest BCUT2D eigenvalue weighted by Gasteiger charge is -2.07. The molecule has 0 saturated carbocycles. The number of nitrogens with one attached hydrogen (secondary N) is 1. The minimum absolute atomic E-state index is 0.0354. The predicted octanol–water partition coefficient (Wildman–Crippen LogP) is 3.29. The van der Waals surface area contributed by atoms with Gasteiger partial charge in [0.25, 0.3) is 0 Å². The summed E-state index contributed by atoms with van der Waals surface area (Å²) in [6.07, 6.45) is 4.31. The van der Waals surface area contributed by atoms with Gasteiger partial charge in [-0.2, -0.15) is 0 Å². The molecular weight excluding hydrogens is 245 g/mol. The fourth-order valence-electron chi connectivity index (χ4n) is 1.67. The lowest BCUT2D eigenvalue weighted by molar-refractivity contribution is -0.121. The highest BCUT2D eigenvalue weighted by Crippen LogP contribution is 2.15. The molecule has 1 aromatic carbocycles. The van der Waals surface area contributed by atoms with E-state index < -0.39 is 0 Å². The molecule has 0 radical (unpaired) electrons. The second-order valence-corrected chi connectivity index (χ2v) is 4.44. The SMILES string of the molecule is CCCCCNC(=O)CCCOc1ccccc1F. The molecule has 106 valence electrons. The summed E-state index contributed by atoms with van der Waals surface area (Å²) in [4.78, 5) is 11.4. The molecule has 1 N–H and O–H groups in total. The van der Waals surface area contributed by atoms with Gasteiger partial charge in [-0.15, -0.1) is 0 Å². The molecule has 1 amide bonds. The number of para-hydroxylation sites is 1. The number of carbonyl (C=O) groups is 1. The highest BCUT2D eigenvalue weighted by Gasteiger charge is 2.03. The van der Waals surface area contributed by atoms with Crippen LogP contribution in [0.15, 0.2) is 24.3 Å². The van der Waals surface area contributed by atoms with Crippen molar-refractivity contribution in [1.82, 2.24) is 5.32 Å². The second kappa shape index (κ2) is 9.36. The number of halogens is 1. The van der Waals surface area contributed by atoms with Gasteiger partial charge >= 0.3 is 0 Å². The highest BCUT2D eigenvalue weighted by molar-refractivity contribution is 5.75. The first-order valence-electron chi connectivity index (χ1n) is 6.88. The largest absolute Gasteiger partial charge is 0.491 e. The van der Waals surface area contributed by atoms with Crippen LogP contribution in [0, 0.1) is 5.82 Å². The molecule has 0 aliphatic heterocycles. The number of ether oxygens (including phenoxy) is 1. The van der Waals surface area contributed by atoms with Crippen molar-refractivity contribution in [3.05, 3.63) is 30.1 Å². The Morgan fingerprint density at radius 3 is 2.79 bits per heavy atom. The number of carbonyl (C=O) groups excluding carboxylic acids is 1. The molecule has 0 unspecified atom stereocenters. The Kier molecular flexibility index (Phi) is 7.63. The minimum Gasteiger partial charge on any atom is -0.491 e. The number of unbranched alkanes of at least 4 members (excludes halogenated alkanes) is 2. The van der Waals surface area contributed by atoms with Crippen LogP contribution in [0.25, 0.3) is 0 Å². The Morgan fingerprint density at radius 1 is 1.26 bits per heavy atom. The van der Waals surface area contributed by atoms with E-state index in [-0.39, 0.29) is 17.5 Å². The third-order valence-corrected chi connectivity index (χ3v) is 2.74. The summed E-state index contributed by atoms with van der Waals surface area (Å²) < 4.78 is 18.5.